The van der Waals surface area contributed by atoms with E-state index in [0.717, 1.165) is 43.8 Å². The van der Waals surface area contributed by atoms with Gasteiger partial charge in [0.15, 0.2) is 5.84 Å². The molecule has 0 radical (unpaired) electrons. The smallest absolute Gasteiger partial charge is 0.406 e. The predicted molar refractivity (Wildman–Crippen MR) is 141 cm³/mol. The molecular formula is C27H31F3N6O3. The molecule has 3 aliphatic rings. The second kappa shape index (κ2) is 11.0. The minimum atomic E-state index is -4.79. The number of benzene rings is 2. The van der Waals surface area contributed by atoms with E-state index in [4.69, 9.17) is 0 Å². The largest absolute Gasteiger partial charge is 0.573 e. The molecule has 208 valence electrons. The van der Waals surface area contributed by atoms with Gasteiger partial charge in [0, 0.05) is 44.1 Å². The predicted octanol–water partition coefficient (Wildman–Crippen LogP) is 3.81. The summed E-state index contributed by atoms with van der Waals surface area (Å²) in [6.45, 7) is 5.76. The number of anilines is 2. The van der Waals surface area contributed by atoms with Gasteiger partial charge in [-0.15, -0.1) is 13.2 Å². The Morgan fingerprint density at radius 1 is 1.00 bits per heavy atom. The van der Waals surface area contributed by atoms with Crippen LogP contribution in [0.2, 0.25) is 0 Å². The first-order valence-corrected chi connectivity index (χ1v) is 13.0. The molecule has 2 N–H and O–H groups in total. The molecular weight excluding hydrogens is 513 g/mol. The summed E-state index contributed by atoms with van der Waals surface area (Å²) in [5, 5.41) is 5.34. The standard InChI is InChI=1S/C27H31F3N6O3/c1-18-2-8-21(9-3-18)34-12-14-35(15-13-34)25(37)24-32-23(17-36(24)16-19-4-5-19)33-26(38)31-20-6-10-22(11-7-20)39-27(28,29)30/h2-3,6-11,19,23H,4-5,12-17H2,1H3,(H2,31,33,38). The van der Waals surface area contributed by atoms with Gasteiger partial charge in [-0.3, -0.25) is 4.79 Å². The van der Waals surface area contributed by atoms with Gasteiger partial charge in [-0.05, 0) is 62.1 Å². The zero-order valence-electron chi connectivity index (χ0n) is 21.6. The van der Waals surface area contributed by atoms with Crippen LogP contribution in [0.5, 0.6) is 5.75 Å². The molecule has 0 bridgehead atoms. The summed E-state index contributed by atoms with van der Waals surface area (Å²) in [7, 11) is 0. The first kappa shape index (κ1) is 26.6. The third-order valence-corrected chi connectivity index (χ3v) is 6.95. The van der Waals surface area contributed by atoms with Crippen molar-refractivity contribution in [3.05, 3.63) is 54.1 Å². The number of aryl methyl sites for hydroxylation is 1. The van der Waals surface area contributed by atoms with Crippen LogP contribution in [0.25, 0.3) is 0 Å². The second-order valence-corrected chi connectivity index (χ2v) is 10.1. The van der Waals surface area contributed by atoms with Crippen molar-refractivity contribution in [2.75, 3.05) is 49.5 Å². The van der Waals surface area contributed by atoms with Gasteiger partial charge < -0.3 is 30.1 Å². The summed E-state index contributed by atoms with van der Waals surface area (Å²) in [4.78, 5) is 36.6. The van der Waals surface area contributed by atoms with E-state index >= 15 is 0 Å². The molecule has 2 aliphatic heterocycles. The summed E-state index contributed by atoms with van der Waals surface area (Å²) in [5.41, 5.74) is 2.63. The van der Waals surface area contributed by atoms with E-state index in [1.54, 1.807) is 0 Å². The van der Waals surface area contributed by atoms with Gasteiger partial charge >= 0.3 is 12.4 Å². The fourth-order valence-electron chi connectivity index (χ4n) is 4.73. The van der Waals surface area contributed by atoms with E-state index in [-0.39, 0.29) is 11.7 Å². The zero-order valence-corrected chi connectivity index (χ0v) is 21.6. The SMILES string of the molecule is Cc1ccc(N2CCN(C(=O)C3=NC(NC(=O)Nc4ccc(OC(F)(F)F)cc4)CN3CC3CC3)CC2)cc1. The van der Waals surface area contributed by atoms with Crippen molar-refractivity contribution in [3.8, 4) is 5.75 Å². The minimum absolute atomic E-state index is 0.135. The van der Waals surface area contributed by atoms with Gasteiger partial charge in [0.2, 0.25) is 0 Å². The van der Waals surface area contributed by atoms with E-state index in [1.807, 2.05) is 9.80 Å². The molecule has 2 aromatic rings. The molecule has 9 nitrogen and oxygen atoms in total. The molecule has 3 amide bonds. The van der Waals surface area contributed by atoms with Gasteiger partial charge in [-0.2, -0.15) is 0 Å². The van der Waals surface area contributed by atoms with Gasteiger partial charge in [0.25, 0.3) is 5.91 Å². The topological polar surface area (TPSA) is 89.5 Å². The van der Waals surface area contributed by atoms with Crippen molar-refractivity contribution in [1.29, 1.82) is 0 Å². The lowest BCUT2D eigenvalue weighted by molar-refractivity contribution is -0.274. The Kier molecular flexibility index (Phi) is 7.53. The zero-order chi connectivity index (χ0) is 27.6. The fourth-order valence-corrected chi connectivity index (χ4v) is 4.73. The number of hydrogen-bond donors (Lipinski definition) is 2. The maximum atomic E-state index is 13.5. The maximum Gasteiger partial charge on any atom is 0.573 e. The number of ether oxygens (including phenoxy) is 1. The molecule has 0 aromatic heterocycles. The molecule has 12 heteroatoms. The highest BCUT2D eigenvalue weighted by molar-refractivity contribution is 6.38. The molecule has 1 atom stereocenters. The van der Waals surface area contributed by atoms with E-state index in [2.05, 4.69) is 56.5 Å². The van der Waals surface area contributed by atoms with Gasteiger partial charge in [0.1, 0.15) is 11.9 Å². The Balaban J connectivity index is 1.18. The number of carbonyl (C=O) groups excluding carboxylic acids is 2. The number of piperazine rings is 1. The highest BCUT2D eigenvalue weighted by atomic mass is 19.4. The van der Waals surface area contributed by atoms with E-state index in [1.165, 1.54) is 17.7 Å². The van der Waals surface area contributed by atoms with Crippen molar-refractivity contribution in [3.63, 3.8) is 0 Å². The summed E-state index contributed by atoms with van der Waals surface area (Å²) in [5.74, 6) is 0.368. The number of aliphatic imine (C=N–C) groups is 1. The molecule has 2 fully saturated rings. The van der Waals surface area contributed by atoms with Crippen LogP contribution in [-0.4, -0.2) is 79.4 Å². The number of alkyl halides is 3. The number of rotatable bonds is 7. The highest BCUT2D eigenvalue weighted by Crippen LogP contribution is 2.31. The van der Waals surface area contributed by atoms with Crippen LogP contribution in [0.1, 0.15) is 18.4 Å². The summed E-state index contributed by atoms with van der Waals surface area (Å²) < 4.78 is 40.9. The van der Waals surface area contributed by atoms with E-state index in [0.29, 0.717) is 43.6 Å². The number of carbonyl (C=O) groups is 2. The maximum absolute atomic E-state index is 13.5. The number of halogens is 3. The van der Waals surface area contributed by atoms with Gasteiger partial charge in [-0.1, -0.05) is 17.7 Å². The van der Waals surface area contributed by atoms with E-state index < -0.39 is 18.6 Å². The van der Waals surface area contributed by atoms with Crippen LogP contribution in [-0.2, 0) is 4.79 Å². The van der Waals surface area contributed by atoms with Gasteiger partial charge in [-0.25, -0.2) is 9.79 Å². The molecule has 1 unspecified atom stereocenters. The van der Waals surface area contributed by atoms with Crippen molar-refractivity contribution in [2.24, 2.45) is 10.9 Å². The third kappa shape index (κ3) is 7.12. The van der Waals surface area contributed by atoms with Crippen LogP contribution < -0.4 is 20.3 Å². The fraction of sp³-hybridized carbons (Fsp3) is 0.444. The number of hydrogen-bond acceptors (Lipinski definition) is 6. The Labute approximate surface area is 224 Å². The van der Waals surface area contributed by atoms with Crippen LogP contribution in [0, 0.1) is 12.8 Å². The summed E-state index contributed by atoms with van der Waals surface area (Å²) >= 11 is 0. The molecule has 2 aromatic carbocycles. The van der Waals surface area contributed by atoms with Crippen molar-refractivity contribution in [1.82, 2.24) is 15.1 Å². The average Bonchev–Trinajstić information content (AvgIpc) is 3.63. The summed E-state index contributed by atoms with van der Waals surface area (Å²) in [6.07, 6.45) is -3.19. The average molecular weight is 545 g/mol. The Morgan fingerprint density at radius 3 is 2.28 bits per heavy atom. The molecule has 1 saturated heterocycles. The van der Waals surface area contributed by atoms with Crippen LogP contribution in [0.3, 0.4) is 0 Å². The van der Waals surface area contributed by atoms with E-state index in [9.17, 15) is 22.8 Å². The summed E-state index contributed by atoms with van der Waals surface area (Å²) in [6, 6.07) is 12.6. The van der Waals surface area contributed by atoms with Crippen molar-refractivity contribution >= 4 is 29.1 Å². The number of nitrogens with zero attached hydrogens (tertiary/aromatic N) is 4. The monoisotopic (exact) mass is 544 g/mol. The van der Waals surface area contributed by atoms with Crippen molar-refractivity contribution < 1.29 is 27.5 Å². The molecule has 5 rings (SSSR count). The Bertz CT molecular complexity index is 1210. The van der Waals surface area contributed by atoms with Crippen LogP contribution >= 0.6 is 0 Å². The third-order valence-electron chi connectivity index (χ3n) is 6.95. The second-order valence-electron chi connectivity index (χ2n) is 10.1. The molecule has 2 heterocycles. The lowest BCUT2D eigenvalue weighted by Crippen LogP contribution is -2.53. The Morgan fingerprint density at radius 2 is 1.67 bits per heavy atom. The number of amidine groups is 1. The van der Waals surface area contributed by atoms with Gasteiger partial charge in [0.05, 0.1) is 6.54 Å². The normalized spacial score (nSPS) is 19.5. The number of amides is 3. The van der Waals surface area contributed by atoms with Crippen molar-refractivity contribution in [2.45, 2.75) is 32.3 Å². The van der Waals surface area contributed by atoms with Crippen LogP contribution in [0.4, 0.5) is 29.3 Å². The molecule has 0 spiro atoms. The first-order valence-electron chi connectivity index (χ1n) is 13.0. The first-order chi connectivity index (χ1) is 18.6. The minimum Gasteiger partial charge on any atom is -0.406 e. The quantitative estimate of drug-likeness (QED) is 0.554. The molecule has 1 saturated carbocycles. The molecule has 39 heavy (non-hydrogen) atoms. The number of urea groups is 1. The lowest BCUT2D eigenvalue weighted by Gasteiger charge is -2.36. The highest BCUT2D eigenvalue weighted by Gasteiger charge is 2.37. The Hall–Kier alpha value is -3.96. The van der Waals surface area contributed by atoms with Crippen LogP contribution in [0.15, 0.2) is 53.5 Å². The lowest BCUT2D eigenvalue weighted by atomic mass is 10.2. The molecule has 1 aliphatic carbocycles. The number of nitrogens with one attached hydrogen (secondary N) is 2.